The van der Waals surface area contributed by atoms with E-state index in [2.05, 4.69) is 5.32 Å². The zero-order valence-electron chi connectivity index (χ0n) is 23.8. The molecule has 1 amide bonds. The minimum atomic E-state index is -1.66. The van der Waals surface area contributed by atoms with Gasteiger partial charge in [0.05, 0.1) is 22.7 Å². The Morgan fingerprint density at radius 2 is 0.886 bits per heavy atom. The predicted molar refractivity (Wildman–Crippen MR) is 171 cm³/mol. The number of anilines is 1. The van der Waals surface area contributed by atoms with Crippen molar-refractivity contribution in [2.75, 3.05) is 5.32 Å². The number of allylic oxidation sites excluding steroid dienone is 2. The van der Waals surface area contributed by atoms with Crippen LogP contribution in [0.5, 0.6) is 0 Å². The molecule has 2 aliphatic carbocycles. The SMILES string of the molecule is O=C(O)C1C(C(=O)Nc2ccccc2)C2(c3ccccc3)C(=O)C1(c1ccccc1)C(c1ccccc1)=C2c1ccccc1. The van der Waals surface area contributed by atoms with Crippen molar-refractivity contribution in [3.05, 3.63) is 174 Å². The number of carbonyl (C=O) groups is 3. The first-order valence-corrected chi connectivity index (χ1v) is 14.6. The highest BCUT2D eigenvalue weighted by Gasteiger charge is 2.80. The van der Waals surface area contributed by atoms with Gasteiger partial charge in [0, 0.05) is 5.69 Å². The molecule has 5 aromatic carbocycles. The molecule has 0 radical (unpaired) electrons. The lowest BCUT2D eigenvalue weighted by Crippen LogP contribution is -2.49. The molecular weight excluding hydrogens is 546 g/mol. The van der Waals surface area contributed by atoms with Crippen LogP contribution in [0.1, 0.15) is 22.3 Å². The number of ketones is 1. The van der Waals surface area contributed by atoms with Crippen LogP contribution in [-0.4, -0.2) is 22.8 Å². The number of fused-ring (bicyclic) bond motifs is 2. The van der Waals surface area contributed by atoms with Crippen molar-refractivity contribution in [1.82, 2.24) is 0 Å². The molecule has 4 atom stereocenters. The van der Waals surface area contributed by atoms with Gasteiger partial charge in [0.2, 0.25) is 5.91 Å². The lowest BCUT2D eigenvalue weighted by Gasteiger charge is -2.42. The molecule has 7 rings (SSSR count). The number of hydrogen-bond donors (Lipinski definition) is 2. The van der Waals surface area contributed by atoms with Crippen molar-refractivity contribution in [2.24, 2.45) is 11.8 Å². The minimum absolute atomic E-state index is 0.305. The molecule has 44 heavy (non-hydrogen) atoms. The van der Waals surface area contributed by atoms with Gasteiger partial charge in [-0.05, 0) is 45.5 Å². The van der Waals surface area contributed by atoms with E-state index in [-0.39, 0.29) is 5.78 Å². The fraction of sp³-hybridized carbons (Fsp3) is 0.103. The Labute approximate surface area is 255 Å². The summed E-state index contributed by atoms with van der Waals surface area (Å²) in [6, 6.07) is 46.4. The topological polar surface area (TPSA) is 83.5 Å². The van der Waals surface area contributed by atoms with E-state index in [1.165, 1.54) is 0 Å². The number of Topliss-reactive ketones (excluding diaryl/α,β-unsaturated/α-hetero) is 1. The van der Waals surface area contributed by atoms with Crippen LogP contribution in [-0.2, 0) is 25.2 Å². The normalized spacial score (nSPS) is 23.9. The number of rotatable bonds is 7. The number of carbonyl (C=O) groups excluding carboxylic acids is 2. The average Bonchev–Trinajstić information content (AvgIpc) is 3.46. The quantitative estimate of drug-likeness (QED) is 0.218. The van der Waals surface area contributed by atoms with Crippen molar-refractivity contribution < 1.29 is 19.5 Å². The van der Waals surface area contributed by atoms with Crippen LogP contribution in [0.25, 0.3) is 11.1 Å². The van der Waals surface area contributed by atoms with Crippen LogP contribution < -0.4 is 5.32 Å². The van der Waals surface area contributed by atoms with Gasteiger partial charge >= 0.3 is 5.97 Å². The van der Waals surface area contributed by atoms with Crippen LogP contribution in [0, 0.1) is 11.8 Å². The van der Waals surface area contributed by atoms with Crippen molar-refractivity contribution >= 4 is 34.5 Å². The van der Waals surface area contributed by atoms with Gasteiger partial charge in [-0.2, -0.15) is 0 Å². The molecule has 0 saturated heterocycles. The van der Waals surface area contributed by atoms with E-state index < -0.39 is 34.5 Å². The zero-order chi connectivity index (χ0) is 30.3. The van der Waals surface area contributed by atoms with Crippen molar-refractivity contribution in [3.8, 4) is 0 Å². The van der Waals surface area contributed by atoms with Crippen LogP contribution in [0.4, 0.5) is 5.69 Å². The Kier molecular flexibility index (Phi) is 6.59. The van der Waals surface area contributed by atoms with E-state index in [9.17, 15) is 14.7 Å². The number of carboxylic acids is 1. The molecule has 1 saturated carbocycles. The van der Waals surface area contributed by atoms with Gasteiger partial charge in [-0.25, -0.2) is 0 Å². The summed E-state index contributed by atoms with van der Waals surface area (Å²) in [6.07, 6.45) is 0. The average molecular weight is 576 g/mol. The Bertz CT molecular complexity index is 1890. The third-order valence-corrected chi connectivity index (χ3v) is 9.19. The number of para-hydroxylation sites is 1. The third-order valence-electron chi connectivity index (χ3n) is 9.19. The number of aliphatic carboxylic acids is 1. The Balaban J connectivity index is 1.67. The first-order chi connectivity index (χ1) is 21.5. The van der Waals surface area contributed by atoms with E-state index in [1.54, 1.807) is 24.3 Å². The van der Waals surface area contributed by atoms with E-state index in [0.29, 0.717) is 28.0 Å². The molecule has 2 bridgehead atoms. The Morgan fingerprint density at radius 3 is 1.30 bits per heavy atom. The van der Waals surface area contributed by atoms with Gasteiger partial charge in [0.15, 0.2) is 5.78 Å². The van der Waals surface area contributed by atoms with Crippen LogP contribution in [0.3, 0.4) is 0 Å². The summed E-state index contributed by atoms with van der Waals surface area (Å²) in [5, 5.41) is 14.2. The van der Waals surface area contributed by atoms with Gasteiger partial charge < -0.3 is 10.4 Å². The minimum Gasteiger partial charge on any atom is -0.481 e. The molecule has 5 aromatic rings. The lowest BCUT2D eigenvalue weighted by atomic mass is 9.58. The second-order valence-corrected chi connectivity index (χ2v) is 11.3. The standard InChI is InChI=1S/C39H29NO4/c41-35(40-30-24-14-5-15-25-30)33-34(36(42)43)39(29-22-12-4-13-23-29)32(27-18-8-2-9-19-27)31(26-16-6-1-7-17-26)38(33,37(39)44)28-20-10-3-11-21-28/h1-25,33-34H,(H,40,41)(H,42,43). The van der Waals surface area contributed by atoms with Crippen LogP contribution >= 0.6 is 0 Å². The molecule has 5 heteroatoms. The summed E-state index contributed by atoms with van der Waals surface area (Å²) in [7, 11) is 0. The van der Waals surface area contributed by atoms with Crippen molar-refractivity contribution in [3.63, 3.8) is 0 Å². The van der Waals surface area contributed by atoms with Gasteiger partial charge in [-0.3, -0.25) is 14.4 Å². The molecular formula is C39H29NO4. The molecule has 214 valence electrons. The number of carboxylic acid groups (broad SMARTS) is 1. The summed E-state index contributed by atoms with van der Waals surface area (Å²) in [5.74, 6) is -4.68. The number of amides is 1. The molecule has 2 aliphatic rings. The first-order valence-electron chi connectivity index (χ1n) is 14.6. The molecule has 0 aromatic heterocycles. The van der Waals surface area contributed by atoms with Gasteiger partial charge in [0.1, 0.15) is 0 Å². The second-order valence-electron chi connectivity index (χ2n) is 11.3. The molecule has 0 aliphatic heterocycles. The van der Waals surface area contributed by atoms with Crippen LogP contribution in [0.2, 0.25) is 0 Å². The maximum Gasteiger partial charge on any atom is 0.309 e. The number of nitrogens with one attached hydrogen (secondary N) is 1. The summed E-state index contributed by atoms with van der Waals surface area (Å²) >= 11 is 0. The first kappa shape index (κ1) is 27.3. The molecule has 4 unspecified atom stereocenters. The van der Waals surface area contributed by atoms with Gasteiger partial charge in [0.25, 0.3) is 0 Å². The Hall–Kier alpha value is -5.55. The molecule has 0 spiro atoms. The summed E-state index contributed by atoms with van der Waals surface area (Å²) in [5.41, 5.74) is 1.21. The molecule has 1 fully saturated rings. The maximum atomic E-state index is 15.8. The lowest BCUT2D eigenvalue weighted by molar-refractivity contribution is -0.147. The molecule has 0 heterocycles. The monoisotopic (exact) mass is 575 g/mol. The molecule has 2 N–H and O–H groups in total. The fourth-order valence-electron chi connectivity index (χ4n) is 7.71. The van der Waals surface area contributed by atoms with Gasteiger partial charge in [-0.1, -0.05) is 140 Å². The van der Waals surface area contributed by atoms with E-state index in [1.807, 2.05) is 127 Å². The smallest absolute Gasteiger partial charge is 0.309 e. The van der Waals surface area contributed by atoms with Crippen molar-refractivity contribution in [2.45, 2.75) is 10.8 Å². The molecule has 5 nitrogen and oxygen atoms in total. The van der Waals surface area contributed by atoms with Crippen molar-refractivity contribution in [1.29, 1.82) is 0 Å². The fourth-order valence-corrected chi connectivity index (χ4v) is 7.71. The maximum absolute atomic E-state index is 15.8. The second kappa shape index (κ2) is 10.6. The zero-order valence-corrected chi connectivity index (χ0v) is 23.8. The highest BCUT2D eigenvalue weighted by Crippen LogP contribution is 2.72. The van der Waals surface area contributed by atoms with Crippen LogP contribution in [0.15, 0.2) is 152 Å². The van der Waals surface area contributed by atoms with Gasteiger partial charge in [-0.15, -0.1) is 0 Å². The summed E-state index contributed by atoms with van der Waals surface area (Å²) < 4.78 is 0. The Morgan fingerprint density at radius 1 is 0.523 bits per heavy atom. The van der Waals surface area contributed by atoms with E-state index in [0.717, 1.165) is 11.1 Å². The van der Waals surface area contributed by atoms with E-state index in [4.69, 9.17) is 0 Å². The highest BCUT2D eigenvalue weighted by atomic mass is 16.4. The predicted octanol–water partition coefficient (Wildman–Crippen LogP) is 7.03. The summed E-state index contributed by atoms with van der Waals surface area (Å²) in [6.45, 7) is 0. The van der Waals surface area contributed by atoms with E-state index >= 15 is 4.79 Å². The largest absolute Gasteiger partial charge is 0.481 e. The number of benzene rings is 5. The third kappa shape index (κ3) is 3.75. The number of hydrogen-bond acceptors (Lipinski definition) is 3. The highest BCUT2D eigenvalue weighted by molar-refractivity contribution is 6.33. The summed E-state index contributed by atoms with van der Waals surface area (Å²) in [4.78, 5) is 44.2.